The lowest BCUT2D eigenvalue weighted by Crippen LogP contribution is -2.43. The fourth-order valence-corrected chi connectivity index (χ4v) is 3.33. The monoisotopic (exact) mass is 334 g/mol. The van der Waals surface area contributed by atoms with Gasteiger partial charge in [0.25, 0.3) is 5.60 Å². The van der Waals surface area contributed by atoms with E-state index in [9.17, 15) is 4.79 Å². The number of hydrogen-bond donors (Lipinski definition) is 0. The Labute approximate surface area is 139 Å². The van der Waals surface area contributed by atoms with E-state index in [1.807, 2.05) is 30.3 Å². The Balaban J connectivity index is 2.29. The van der Waals surface area contributed by atoms with Crippen LogP contribution < -0.4 is 0 Å². The first kappa shape index (κ1) is 17.8. The van der Waals surface area contributed by atoms with Gasteiger partial charge in [-0.25, -0.2) is 4.79 Å². The number of carbonyl (C=O) groups is 1. The number of esters is 1. The first-order valence-electron chi connectivity index (χ1n) is 7.76. The van der Waals surface area contributed by atoms with Crippen molar-refractivity contribution in [1.29, 1.82) is 0 Å². The minimum absolute atomic E-state index is 0.00435. The van der Waals surface area contributed by atoms with Crippen LogP contribution in [-0.4, -0.2) is 27.0 Å². The molecule has 2 atom stereocenters. The summed E-state index contributed by atoms with van der Waals surface area (Å²) in [5.41, 5.74) is -0.316. The Morgan fingerprint density at radius 3 is 2.30 bits per heavy atom. The van der Waals surface area contributed by atoms with Crippen molar-refractivity contribution in [2.24, 2.45) is 0 Å². The summed E-state index contributed by atoms with van der Waals surface area (Å²) in [4.78, 5) is 12.4. The van der Waals surface area contributed by atoms with Crippen molar-refractivity contribution >= 4 is 14.3 Å². The number of ether oxygens (including phenoxy) is 2. The third-order valence-electron chi connectivity index (χ3n) is 4.81. The van der Waals surface area contributed by atoms with Gasteiger partial charge in [-0.2, -0.15) is 0 Å². The summed E-state index contributed by atoms with van der Waals surface area (Å²) in [6, 6.07) is 9.60. The SMILES string of the molecule is C=C(O[Si](C)(C)C(C)(C)C)[C@]1(C(=O)OC)O[C@H]1c1ccccc1. The van der Waals surface area contributed by atoms with E-state index >= 15 is 0 Å². The molecule has 0 bridgehead atoms. The van der Waals surface area contributed by atoms with Crippen LogP contribution in [-0.2, 0) is 18.7 Å². The largest absolute Gasteiger partial charge is 0.544 e. The molecule has 1 saturated heterocycles. The summed E-state index contributed by atoms with van der Waals surface area (Å²) in [5.74, 6) is -0.111. The number of epoxide rings is 1. The number of hydrogen-bond acceptors (Lipinski definition) is 4. The van der Waals surface area contributed by atoms with Crippen LogP contribution in [0.4, 0.5) is 0 Å². The number of rotatable bonds is 5. The van der Waals surface area contributed by atoms with Gasteiger partial charge in [0.15, 0.2) is 0 Å². The second-order valence-electron chi connectivity index (χ2n) is 7.42. The highest BCUT2D eigenvalue weighted by Gasteiger charge is 2.68. The van der Waals surface area contributed by atoms with Gasteiger partial charge in [0.2, 0.25) is 8.32 Å². The van der Waals surface area contributed by atoms with Crippen LogP contribution in [0.25, 0.3) is 0 Å². The van der Waals surface area contributed by atoms with Gasteiger partial charge < -0.3 is 13.9 Å². The van der Waals surface area contributed by atoms with E-state index < -0.39 is 26.0 Å². The Bertz CT molecular complexity index is 603. The molecule has 1 aliphatic heterocycles. The molecule has 0 amide bonds. The van der Waals surface area contributed by atoms with Gasteiger partial charge in [0, 0.05) is 0 Å². The molecule has 0 aromatic heterocycles. The van der Waals surface area contributed by atoms with E-state index in [0.717, 1.165) is 5.56 Å². The van der Waals surface area contributed by atoms with Crippen molar-refractivity contribution in [2.45, 2.75) is 50.6 Å². The average Bonchev–Trinajstić information content (AvgIpc) is 3.22. The summed E-state index contributed by atoms with van der Waals surface area (Å²) in [6.45, 7) is 14.7. The van der Waals surface area contributed by atoms with Gasteiger partial charge in [-0.05, 0) is 23.7 Å². The maximum absolute atomic E-state index is 12.4. The topological polar surface area (TPSA) is 48.1 Å². The van der Waals surface area contributed by atoms with Gasteiger partial charge >= 0.3 is 5.97 Å². The molecule has 2 rings (SSSR count). The first-order valence-corrected chi connectivity index (χ1v) is 10.7. The molecule has 0 aliphatic carbocycles. The Kier molecular flexibility index (Phi) is 4.48. The van der Waals surface area contributed by atoms with E-state index in [0.29, 0.717) is 5.76 Å². The van der Waals surface area contributed by atoms with Gasteiger partial charge in [-0.3, -0.25) is 0 Å². The zero-order valence-corrected chi connectivity index (χ0v) is 15.8. The maximum Gasteiger partial charge on any atom is 0.349 e. The minimum atomic E-state index is -2.11. The summed E-state index contributed by atoms with van der Waals surface area (Å²) in [6.07, 6.45) is -0.409. The third kappa shape index (κ3) is 3.08. The van der Waals surface area contributed by atoms with Gasteiger partial charge in [-0.1, -0.05) is 57.7 Å². The lowest BCUT2D eigenvalue weighted by atomic mass is 9.98. The summed E-state index contributed by atoms with van der Waals surface area (Å²) in [7, 11) is -0.760. The van der Waals surface area contributed by atoms with Crippen molar-refractivity contribution in [3.05, 3.63) is 48.2 Å². The smallest absolute Gasteiger partial charge is 0.349 e. The predicted molar refractivity (Wildman–Crippen MR) is 92.4 cm³/mol. The van der Waals surface area contributed by atoms with Crippen molar-refractivity contribution in [3.8, 4) is 0 Å². The molecule has 5 heteroatoms. The lowest BCUT2D eigenvalue weighted by molar-refractivity contribution is -0.146. The molecule has 1 aromatic rings. The molecule has 23 heavy (non-hydrogen) atoms. The van der Waals surface area contributed by atoms with Crippen molar-refractivity contribution in [2.75, 3.05) is 7.11 Å². The summed E-state index contributed by atoms with van der Waals surface area (Å²) < 4.78 is 17.0. The molecule has 0 unspecified atom stereocenters. The van der Waals surface area contributed by atoms with Crippen molar-refractivity contribution < 1.29 is 18.7 Å². The van der Waals surface area contributed by atoms with Crippen LogP contribution in [0.1, 0.15) is 32.4 Å². The third-order valence-corrected chi connectivity index (χ3v) is 9.17. The van der Waals surface area contributed by atoms with Gasteiger partial charge in [0.05, 0.1) is 7.11 Å². The summed E-state index contributed by atoms with van der Waals surface area (Å²) >= 11 is 0. The molecule has 0 spiro atoms. The van der Waals surface area contributed by atoms with Crippen LogP contribution in [0, 0.1) is 0 Å². The lowest BCUT2D eigenvalue weighted by Gasteiger charge is -2.37. The highest BCUT2D eigenvalue weighted by molar-refractivity contribution is 6.74. The molecule has 0 radical (unpaired) electrons. The van der Waals surface area contributed by atoms with Crippen LogP contribution in [0.15, 0.2) is 42.7 Å². The molecule has 1 aromatic carbocycles. The fourth-order valence-electron chi connectivity index (χ4n) is 2.25. The molecule has 0 saturated carbocycles. The van der Waals surface area contributed by atoms with E-state index in [1.54, 1.807) is 0 Å². The van der Waals surface area contributed by atoms with Crippen molar-refractivity contribution in [1.82, 2.24) is 0 Å². The van der Waals surface area contributed by atoms with Gasteiger partial charge in [0.1, 0.15) is 11.9 Å². The van der Waals surface area contributed by atoms with E-state index in [1.165, 1.54) is 7.11 Å². The Hall–Kier alpha value is -1.59. The first-order chi connectivity index (χ1) is 10.6. The summed E-state index contributed by atoms with van der Waals surface area (Å²) in [5, 5.41) is 0.00435. The highest BCUT2D eigenvalue weighted by Crippen LogP contribution is 2.56. The number of benzene rings is 1. The van der Waals surface area contributed by atoms with E-state index in [4.69, 9.17) is 13.9 Å². The second kappa shape index (κ2) is 5.80. The van der Waals surface area contributed by atoms with Crippen molar-refractivity contribution in [3.63, 3.8) is 0 Å². The van der Waals surface area contributed by atoms with E-state index in [2.05, 4.69) is 40.4 Å². The van der Waals surface area contributed by atoms with Crippen LogP contribution in [0.2, 0.25) is 18.1 Å². The van der Waals surface area contributed by atoms with Gasteiger partial charge in [-0.15, -0.1) is 0 Å². The van der Waals surface area contributed by atoms with Crippen LogP contribution in [0.5, 0.6) is 0 Å². The molecule has 1 heterocycles. The molecular weight excluding hydrogens is 308 g/mol. The fraction of sp³-hybridized carbons (Fsp3) is 0.500. The van der Waals surface area contributed by atoms with Crippen LogP contribution in [0.3, 0.4) is 0 Å². The maximum atomic E-state index is 12.4. The predicted octanol–water partition coefficient (Wildman–Crippen LogP) is 4.21. The quantitative estimate of drug-likeness (QED) is 0.350. The molecule has 1 aliphatic rings. The standard InChI is InChI=1S/C18H26O4Si/c1-13(22-23(6,7)17(2,3)4)18(16(19)20-5)15(21-18)14-11-9-8-10-12-14/h8-12,15H,1H2,2-7H3/t15-,18-/m0/s1. The zero-order valence-electron chi connectivity index (χ0n) is 14.8. The Morgan fingerprint density at radius 1 is 1.26 bits per heavy atom. The Morgan fingerprint density at radius 2 is 1.83 bits per heavy atom. The van der Waals surface area contributed by atoms with E-state index in [-0.39, 0.29) is 5.04 Å². The highest BCUT2D eigenvalue weighted by atomic mass is 28.4. The average molecular weight is 334 g/mol. The second-order valence-corrected chi connectivity index (χ2v) is 12.1. The minimum Gasteiger partial charge on any atom is -0.544 e. The zero-order chi connectivity index (χ0) is 17.5. The molecular formula is C18H26O4Si. The number of carbonyl (C=O) groups excluding carboxylic acids is 1. The molecule has 126 valence electrons. The normalized spacial score (nSPS) is 24.0. The molecule has 4 nitrogen and oxygen atoms in total. The molecule has 1 fully saturated rings. The molecule has 0 N–H and O–H groups in total. The van der Waals surface area contributed by atoms with Crippen LogP contribution >= 0.6 is 0 Å². The number of methoxy groups -OCH3 is 1.